The molecule has 25 heavy (non-hydrogen) atoms. The number of piperidine rings is 1. The zero-order chi connectivity index (χ0) is 17.9. The Morgan fingerprint density at radius 2 is 2.04 bits per heavy atom. The minimum absolute atomic E-state index is 0.136. The van der Waals surface area contributed by atoms with Gasteiger partial charge >= 0.3 is 6.09 Å². The number of rotatable bonds is 5. The number of carbonyl (C=O) groups excluding carboxylic acids is 1. The third-order valence-corrected chi connectivity index (χ3v) is 6.01. The van der Waals surface area contributed by atoms with E-state index in [4.69, 9.17) is 10.1 Å². The Morgan fingerprint density at radius 1 is 1.32 bits per heavy atom. The normalized spacial score (nSPS) is 30.6. The molecule has 3 aliphatic rings. The molecule has 3 rings (SSSR count). The fourth-order valence-electron chi connectivity index (χ4n) is 4.58. The van der Waals surface area contributed by atoms with Crippen molar-refractivity contribution in [1.82, 2.24) is 15.1 Å². The number of nitrogens with zero attached hydrogens (tertiary/aromatic N) is 2. The summed E-state index contributed by atoms with van der Waals surface area (Å²) in [7, 11) is 0. The molecule has 3 fully saturated rings. The summed E-state index contributed by atoms with van der Waals surface area (Å²) in [5.74, 6) is 0. The maximum atomic E-state index is 11.9. The number of likely N-dealkylation sites (tertiary alicyclic amines) is 2. The van der Waals surface area contributed by atoms with Crippen molar-refractivity contribution in [2.24, 2.45) is 5.41 Å². The van der Waals surface area contributed by atoms with Gasteiger partial charge in [-0.2, -0.15) is 0 Å². The van der Waals surface area contributed by atoms with E-state index in [1.54, 1.807) is 6.92 Å². The van der Waals surface area contributed by atoms with E-state index in [0.29, 0.717) is 29.8 Å². The average Bonchev–Trinajstić information content (AvgIpc) is 3.00. The zero-order valence-electron chi connectivity index (χ0n) is 15.6. The summed E-state index contributed by atoms with van der Waals surface area (Å²) < 4.78 is 5.14. The molecule has 6 nitrogen and oxygen atoms in total. The molecule has 6 heteroatoms. The molecular weight excluding hydrogens is 316 g/mol. The SMILES string of the molecule is CCOC(=O)N1CCC2(CC(N3CCC(N/C=C\C(C)=N)CC3)C2)C1. The highest BCUT2D eigenvalue weighted by atomic mass is 16.6. The van der Waals surface area contributed by atoms with Gasteiger partial charge in [0.25, 0.3) is 0 Å². The van der Waals surface area contributed by atoms with Gasteiger partial charge in [0.15, 0.2) is 0 Å². The molecule has 1 aliphatic carbocycles. The largest absolute Gasteiger partial charge is 0.450 e. The van der Waals surface area contributed by atoms with Gasteiger partial charge in [-0.15, -0.1) is 0 Å². The van der Waals surface area contributed by atoms with Crippen molar-refractivity contribution in [3.63, 3.8) is 0 Å². The summed E-state index contributed by atoms with van der Waals surface area (Å²) in [5, 5.41) is 10.8. The monoisotopic (exact) mass is 348 g/mol. The van der Waals surface area contributed by atoms with E-state index in [2.05, 4.69) is 10.2 Å². The van der Waals surface area contributed by atoms with Crippen LogP contribution in [0.4, 0.5) is 4.79 Å². The quantitative estimate of drug-likeness (QED) is 0.750. The van der Waals surface area contributed by atoms with E-state index < -0.39 is 0 Å². The van der Waals surface area contributed by atoms with E-state index in [1.165, 1.54) is 25.7 Å². The molecule has 2 heterocycles. The first-order valence-electron chi connectivity index (χ1n) is 9.65. The number of hydrogen-bond donors (Lipinski definition) is 2. The first kappa shape index (κ1) is 18.2. The average molecular weight is 348 g/mol. The zero-order valence-corrected chi connectivity index (χ0v) is 15.6. The Balaban J connectivity index is 1.38. The first-order chi connectivity index (χ1) is 12.0. The van der Waals surface area contributed by atoms with Gasteiger partial charge in [-0.3, -0.25) is 0 Å². The lowest BCUT2D eigenvalue weighted by molar-refractivity contribution is -0.00547. The number of amides is 1. The van der Waals surface area contributed by atoms with Gasteiger partial charge in [0.2, 0.25) is 0 Å². The van der Waals surface area contributed by atoms with E-state index in [-0.39, 0.29) is 6.09 Å². The topological polar surface area (TPSA) is 68.7 Å². The van der Waals surface area contributed by atoms with Gasteiger partial charge in [0.1, 0.15) is 0 Å². The fourth-order valence-corrected chi connectivity index (χ4v) is 4.58. The number of carbonyl (C=O) groups is 1. The second-order valence-electron chi connectivity index (χ2n) is 7.93. The van der Waals surface area contributed by atoms with Crippen LogP contribution < -0.4 is 5.32 Å². The predicted molar refractivity (Wildman–Crippen MR) is 98.9 cm³/mol. The van der Waals surface area contributed by atoms with Gasteiger partial charge in [0.05, 0.1) is 6.61 Å². The molecule has 1 amide bonds. The minimum Gasteiger partial charge on any atom is -0.450 e. The molecule has 2 saturated heterocycles. The van der Waals surface area contributed by atoms with Crippen LogP contribution in [0.1, 0.15) is 46.0 Å². The van der Waals surface area contributed by atoms with Crippen LogP contribution in [-0.2, 0) is 4.74 Å². The van der Waals surface area contributed by atoms with Crippen molar-refractivity contribution in [3.05, 3.63) is 12.3 Å². The molecule has 0 aromatic rings. The van der Waals surface area contributed by atoms with Crippen molar-refractivity contribution in [1.29, 1.82) is 5.41 Å². The van der Waals surface area contributed by atoms with Crippen molar-refractivity contribution in [2.75, 3.05) is 32.8 Å². The van der Waals surface area contributed by atoms with Crippen LogP contribution in [0.3, 0.4) is 0 Å². The molecule has 0 unspecified atom stereocenters. The molecule has 2 N–H and O–H groups in total. The molecular formula is C19H32N4O2. The lowest BCUT2D eigenvalue weighted by Gasteiger charge is -2.51. The summed E-state index contributed by atoms with van der Waals surface area (Å²) in [6, 6.07) is 1.23. The minimum atomic E-state index is -0.136. The molecule has 0 atom stereocenters. The standard InChI is InChI=1S/C19H32N4O2/c1-3-25-18(24)23-11-7-19(14-23)12-17(13-19)22-9-5-16(6-10-22)21-8-4-15(2)20/h4,8,16-17,20-21H,3,5-7,9-14H2,1-2H3/b8-4-,20-15?. The van der Waals surface area contributed by atoms with Gasteiger partial charge in [0, 0.05) is 44.0 Å². The Kier molecular flexibility index (Phi) is 5.67. The number of ether oxygens (including phenoxy) is 1. The van der Waals surface area contributed by atoms with Crippen LogP contribution >= 0.6 is 0 Å². The number of hydrogen-bond acceptors (Lipinski definition) is 5. The molecule has 2 aliphatic heterocycles. The van der Waals surface area contributed by atoms with Gasteiger partial charge in [-0.1, -0.05) is 0 Å². The van der Waals surface area contributed by atoms with Gasteiger partial charge in [-0.25, -0.2) is 4.79 Å². The summed E-state index contributed by atoms with van der Waals surface area (Å²) in [6.45, 7) is 8.16. The van der Waals surface area contributed by atoms with Crippen molar-refractivity contribution >= 4 is 11.8 Å². The van der Waals surface area contributed by atoms with Crippen LogP contribution in [0, 0.1) is 10.8 Å². The lowest BCUT2D eigenvalue weighted by atomic mass is 9.64. The Bertz CT molecular complexity index is 520. The van der Waals surface area contributed by atoms with Crippen molar-refractivity contribution in [3.8, 4) is 0 Å². The fraction of sp³-hybridized carbons (Fsp3) is 0.789. The van der Waals surface area contributed by atoms with Crippen LogP contribution in [0.2, 0.25) is 0 Å². The predicted octanol–water partition coefficient (Wildman–Crippen LogP) is 2.60. The van der Waals surface area contributed by atoms with Crippen LogP contribution in [0.25, 0.3) is 0 Å². The van der Waals surface area contributed by atoms with E-state index in [0.717, 1.165) is 32.6 Å². The molecule has 0 aromatic heterocycles. The van der Waals surface area contributed by atoms with Crippen LogP contribution in [0.5, 0.6) is 0 Å². The molecule has 0 bridgehead atoms. The summed E-state index contributed by atoms with van der Waals surface area (Å²) >= 11 is 0. The molecule has 1 saturated carbocycles. The maximum Gasteiger partial charge on any atom is 0.409 e. The molecule has 0 radical (unpaired) electrons. The molecule has 1 spiro atoms. The van der Waals surface area contributed by atoms with Gasteiger partial charge in [-0.05, 0) is 63.6 Å². The maximum absolute atomic E-state index is 11.9. The Hall–Kier alpha value is -1.56. The third-order valence-electron chi connectivity index (χ3n) is 6.01. The number of allylic oxidation sites excluding steroid dienone is 1. The summed E-state index contributed by atoms with van der Waals surface area (Å²) in [4.78, 5) is 16.4. The van der Waals surface area contributed by atoms with E-state index in [1.807, 2.05) is 24.1 Å². The molecule has 140 valence electrons. The first-order valence-corrected chi connectivity index (χ1v) is 9.65. The highest BCUT2D eigenvalue weighted by Gasteiger charge is 2.51. The second-order valence-corrected chi connectivity index (χ2v) is 7.93. The highest BCUT2D eigenvalue weighted by Crippen LogP contribution is 2.50. The Morgan fingerprint density at radius 3 is 2.68 bits per heavy atom. The third kappa shape index (κ3) is 4.35. The number of nitrogens with one attached hydrogen (secondary N) is 2. The van der Waals surface area contributed by atoms with Gasteiger partial charge < -0.3 is 25.3 Å². The van der Waals surface area contributed by atoms with Crippen LogP contribution in [-0.4, -0.2) is 66.5 Å². The lowest BCUT2D eigenvalue weighted by Crippen LogP contribution is -2.55. The summed E-state index contributed by atoms with van der Waals surface area (Å²) in [5.41, 5.74) is 0.939. The summed E-state index contributed by atoms with van der Waals surface area (Å²) in [6.07, 6.45) is 9.53. The highest BCUT2D eigenvalue weighted by molar-refractivity contribution is 5.89. The van der Waals surface area contributed by atoms with Crippen molar-refractivity contribution in [2.45, 2.75) is 58.0 Å². The van der Waals surface area contributed by atoms with Crippen LogP contribution in [0.15, 0.2) is 12.3 Å². The smallest absolute Gasteiger partial charge is 0.409 e. The van der Waals surface area contributed by atoms with E-state index >= 15 is 0 Å². The Labute approximate surface area is 151 Å². The van der Waals surface area contributed by atoms with E-state index in [9.17, 15) is 4.79 Å². The van der Waals surface area contributed by atoms with Crippen molar-refractivity contribution < 1.29 is 9.53 Å². The molecule has 0 aromatic carbocycles. The second kappa shape index (κ2) is 7.77.